The average molecular weight is 210 g/mol. The summed E-state index contributed by atoms with van der Waals surface area (Å²) in [6.07, 6.45) is 0.754. The molecule has 5 nitrogen and oxygen atoms in total. The second-order valence-electron chi connectivity index (χ2n) is 4.22. The fraction of sp³-hybridized carbons (Fsp3) is 0.700. The van der Waals surface area contributed by atoms with Crippen molar-refractivity contribution in [3.05, 3.63) is 0 Å². The standard InChI is InChI=1S/C10H10O5/c11-7-4-1-2-5-10(15-3-14-5)6(4)8(12)9(7)13/h4-6,10H,1-3H2. The first-order chi connectivity index (χ1) is 7.20. The molecule has 2 aliphatic carbocycles. The minimum atomic E-state index is -0.846. The van der Waals surface area contributed by atoms with Crippen LogP contribution in [0.2, 0.25) is 0 Å². The van der Waals surface area contributed by atoms with Crippen molar-refractivity contribution in [2.75, 3.05) is 6.79 Å². The average Bonchev–Trinajstić information content (AvgIpc) is 2.78. The number of carbonyl (C=O) groups is 3. The third kappa shape index (κ3) is 1.07. The van der Waals surface area contributed by atoms with Crippen LogP contribution in [0.1, 0.15) is 12.8 Å². The van der Waals surface area contributed by atoms with Crippen molar-refractivity contribution in [3.8, 4) is 0 Å². The van der Waals surface area contributed by atoms with Gasteiger partial charge in [-0.3, -0.25) is 14.4 Å². The molecular weight excluding hydrogens is 200 g/mol. The molecule has 0 radical (unpaired) electrons. The lowest BCUT2D eigenvalue weighted by Gasteiger charge is -2.30. The molecule has 3 aliphatic rings. The van der Waals surface area contributed by atoms with Crippen molar-refractivity contribution >= 4 is 17.3 Å². The molecule has 0 aromatic rings. The molecule has 2 saturated carbocycles. The molecule has 3 fully saturated rings. The van der Waals surface area contributed by atoms with E-state index < -0.39 is 29.2 Å². The number of rotatable bonds is 0. The van der Waals surface area contributed by atoms with Crippen LogP contribution in [-0.4, -0.2) is 36.4 Å². The van der Waals surface area contributed by atoms with E-state index in [1.165, 1.54) is 0 Å². The Bertz CT molecular complexity index is 361. The summed E-state index contributed by atoms with van der Waals surface area (Å²) in [6, 6.07) is 0. The van der Waals surface area contributed by atoms with Gasteiger partial charge < -0.3 is 9.47 Å². The van der Waals surface area contributed by atoms with Crippen LogP contribution < -0.4 is 0 Å². The van der Waals surface area contributed by atoms with Gasteiger partial charge >= 0.3 is 0 Å². The quantitative estimate of drug-likeness (QED) is 0.503. The first-order valence-corrected chi connectivity index (χ1v) is 5.05. The number of ketones is 3. The van der Waals surface area contributed by atoms with E-state index in [4.69, 9.17) is 9.47 Å². The molecule has 4 atom stereocenters. The highest BCUT2D eigenvalue weighted by Crippen LogP contribution is 2.41. The molecule has 3 rings (SSSR count). The van der Waals surface area contributed by atoms with E-state index in [2.05, 4.69) is 0 Å². The van der Waals surface area contributed by atoms with Gasteiger partial charge in [-0.2, -0.15) is 0 Å². The number of fused-ring (bicyclic) bond motifs is 3. The van der Waals surface area contributed by atoms with Crippen molar-refractivity contribution in [1.82, 2.24) is 0 Å². The van der Waals surface area contributed by atoms with Crippen LogP contribution >= 0.6 is 0 Å². The van der Waals surface area contributed by atoms with Gasteiger partial charge in [0.2, 0.25) is 11.6 Å². The van der Waals surface area contributed by atoms with Crippen LogP contribution in [0.5, 0.6) is 0 Å². The molecule has 0 aromatic carbocycles. The zero-order chi connectivity index (χ0) is 10.6. The van der Waals surface area contributed by atoms with Gasteiger partial charge in [-0.1, -0.05) is 0 Å². The van der Waals surface area contributed by atoms with Gasteiger partial charge in [0.25, 0.3) is 5.78 Å². The third-order valence-corrected chi connectivity index (χ3v) is 3.55. The normalized spacial score (nSPS) is 44.4. The Hall–Kier alpha value is -1.07. The number of hydrogen-bond donors (Lipinski definition) is 0. The summed E-state index contributed by atoms with van der Waals surface area (Å²) in [7, 11) is 0. The van der Waals surface area contributed by atoms with Crippen LogP contribution in [0.25, 0.3) is 0 Å². The Morgan fingerprint density at radius 3 is 2.60 bits per heavy atom. The fourth-order valence-electron chi connectivity index (χ4n) is 2.81. The zero-order valence-corrected chi connectivity index (χ0v) is 7.97. The highest BCUT2D eigenvalue weighted by atomic mass is 16.7. The molecule has 1 heterocycles. The predicted molar refractivity (Wildman–Crippen MR) is 45.8 cm³/mol. The van der Waals surface area contributed by atoms with Crippen molar-refractivity contribution in [1.29, 1.82) is 0 Å². The second kappa shape index (κ2) is 2.96. The molecular formula is C10H10O5. The molecule has 4 unspecified atom stereocenters. The summed E-state index contributed by atoms with van der Waals surface area (Å²) in [6.45, 7) is 0.161. The molecule has 15 heavy (non-hydrogen) atoms. The first-order valence-electron chi connectivity index (χ1n) is 5.05. The van der Waals surface area contributed by atoms with Crippen LogP contribution in [0.15, 0.2) is 0 Å². The van der Waals surface area contributed by atoms with Gasteiger partial charge in [-0.05, 0) is 12.8 Å². The Kier molecular flexibility index (Phi) is 1.81. The Morgan fingerprint density at radius 1 is 1.00 bits per heavy atom. The molecule has 1 aliphatic heterocycles. The monoisotopic (exact) mass is 210 g/mol. The summed E-state index contributed by atoms with van der Waals surface area (Å²) in [4.78, 5) is 34.3. The van der Waals surface area contributed by atoms with E-state index in [1.807, 2.05) is 0 Å². The number of Topliss-reactive ketones (excluding diaryl/α,β-unsaturated/α-hetero) is 3. The second-order valence-corrected chi connectivity index (χ2v) is 4.22. The fourth-order valence-corrected chi connectivity index (χ4v) is 2.81. The summed E-state index contributed by atoms with van der Waals surface area (Å²) in [5.74, 6) is -2.98. The topological polar surface area (TPSA) is 69.7 Å². The highest BCUT2D eigenvalue weighted by molar-refractivity contribution is 6.68. The van der Waals surface area contributed by atoms with Gasteiger partial charge in [0.15, 0.2) is 0 Å². The summed E-state index contributed by atoms with van der Waals surface area (Å²) >= 11 is 0. The van der Waals surface area contributed by atoms with Gasteiger partial charge in [-0.25, -0.2) is 0 Å². The van der Waals surface area contributed by atoms with Crippen molar-refractivity contribution in [2.24, 2.45) is 11.8 Å². The predicted octanol–water partition coefficient (Wildman–Crippen LogP) is -0.525. The number of ether oxygens (including phenoxy) is 2. The molecule has 0 bridgehead atoms. The maximum absolute atomic E-state index is 11.6. The third-order valence-electron chi connectivity index (χ3n) is 3.55. The van der Waals surface area contributed by atoms with Crippen LogP contribution in [0.4, 0.5) is 0 Å². The molecule has 0 N–H and O–H groups in total. The highest BCUT2D eigenvalue weighted by Gasteiger charge is 2.57. The lowest BCUT2D eigenvalue weighted by Crippen LogP contribution is -2.42. The van der Waals surface area contributed by atoms with Crippen LogP contribution in [-0.2, 0) is 23.9 Å². The minimum Gasteiger partial charge on any atom is -0.349 e. The lowest BCUT2D eigenvalue weighted by molar-refractivity contribution is -0.141. The van der Waals surface area contributed by atoms with E-state index in [0.717, 1.165) is 0 Å². The van der Waals surface area contributed by atoms with Crippen molar-refractivity contribution in [2.45, 2.75) is 25.0 Å². The van der Waals surface area contributed by atoms with E-state index in [-0.39, 0.29) is 19.0 Å². The zero-order valence-electron chi connectivity index (χ0n) is 7.97. The Labute approximate surface area is 85.7 Å². The van der Waals surface area contributed by atoms with E-state index in [9.17, 15) is 14.4 Å². The Balaban J connectivity index is 1.97. The van der Waals surface area contributed by atoms with Gasteiger partial charge in [-0.15, -0.1) is 0 Å². The molecule has 1 saturated heterocycles. The van der Waals surface area contributed by atoms with E-state index in [1.54, 1.807) is 0 Å². The minimum absolute atomic E-state index is 0.117. The number of hydrogen-bond acceptors (Lipinski definition) is 5. The lowest BCUT2D eigenvalue weighted by atomic mass is 9.77. The molecule has 80 valence electrons. The van der Waals surface area contributed by atoms with Crippen molar-refractivity contribution < 1.29 is 23.9 Å². The summed E-state index contributed by atoms with van der Waals surface area (Å²) < 4.78 is 10.6. The van der Waals surface area contributed by atoms with Crippen LogP contribution in [0, 0.1) is 11.8 Å². The maximum atomic E-state index is 11.6. The van der Waals surface area contributed by atoms with Crippen LogP contribution in [0.3, 0.4) is 0 Å². The number of carbonyl (C=O) groups excluding carboxylic acids is 3. The SMILES string of the molecule is O=C1C(=O)C2CCC3OCOC3C2C1=O. The van der Waals surface area contributed by atoms with E-state index in [0.29, 0.717) is 12.8 Å². The van der Waals surface area contributed by atoms with Gasteiger partial charge in [0.05, 0.1) is 18.1 Å². The Morgan fingerprint density at radius 2 is 1.80 bits per heavy atom. The summed E-state index contributed by atoms with van der Waals surface area (Å²) in [5, 5.41) is 0. The maximum Gasteiger partial charge on any atom is 0.264 e. The van der Waals surface area contributed by atoms with Crippen molar-refractivity contribution in [3.63, 3.8) is 0 Å². The molecule has 5 heteroatoms. The molecule has 0 amide bonds. The molecule has 0 aromatic heterocycles. The van der Waals surface area contributed by atoms with E-state index >= 15 is 0 Å². The molecule has 0 spiro atoms. The largest absolute Gasteiger partial charge is 0.349 e. The van der Waals surface area contributed by atoms with Gasteiger partial charge in [0, 0.05) is 5.92 Å². The first kappa shape index (κ1) is 9.18. The van der Waals surface area contributed by atoms with Gasteiger partial charge in [0.1, 0.15) is 6.79 Å². The summed E-state index contributed by atoms with van der Waals surface area (Å²) in [5.41, 5.74) is 0. The smallest absolute Gasteiger partial charge is 0.264 e.